The number of aryl methyl sites for hydroxylation is 2. The zero-order chi connectivity index (χ0) is 14.4. The summed E-state index contributed by atoms with van der Waals surface area (Å²) >= 11 is 5.41. The maximum absolute atomic E-state index is 5.44. The van der Waals surface area contributed by atoms with Crippen molar-refractivity contribution < 1.29 is 4.74 Å². The predicted octanol–water partition coefficient (Wildman–Crippen LogP) is 4.65. The van der Waals surface area contributed by atoms with Gasteiger partial charge >= 0.3 is 0 Å². The first-order valence-electron chi connectivity index (χ1n) is 6.81. The van der Waals surface area contributed by atoms with Crippen LogP contribution in [-0.4, -0.2) is 17.4 Å². The van der Waals surface area contributed by atoms with Crippen LogP contribution in [-0.2, 0) is 12.8 Å². The van der Waals surface area contributed by atoms with Crippen molar-refractivity contribution in [3.63, 3.8) is 0 Å². The normalized spacial score (nSPS) is 12.3. The van der Waals surface area contributed by atoms with E-state index in [0.29, 0.717) is 5.92 Å². The Hall–Kier alpha value is -0.870. The Balaban J connectivity index is 1.97. The Kier molecular flexibility index (Phi) is 6.05. The second kappa shape index (κ2) is 7.79. The van der Waals surface area contributed by atoms with Crippen LogP contribution in [0.4, 0.5) is 0 Å². The van der Waals surface area contributed by atoms with E-state index in [1.54, 1.807) is 18.4 Å². The molecule has 1 heterocycles. The van der Waals surface area contributed by atoms with Gasteiger partial charge in [-0.2, -0.15) is 0 Å². The lowest BCUT2D eigenvalue weighted by atomic mass is 9.95. The van der Waals surface area contributed by atoms with E-state index in [-0.39, 0.29) is 0 Å². The standard InChI is InChI=1S/C16H20BrNOS/c1-12-16(20-11-18-12)8-7-13(10-17)9-14-5-3-4-6-15(14)19-2/h3-6,11,13H,7-10H2,1-2H3. The summed E-state index contributed by atoms with van der Waals surface area (Å²) in [5.41, 5.74) is 4.41. The van der Waals surface area contributed by atoms with Crippen LogP contribution in [0.3, 0.4) is 0 Å². The first-order valence-corrected chi connectivity index (χ1v) is 8.81. The fraction of sp³-hybridized carbons (Fsp3) is 0.438. The van der Waals surface area contributed by atoms with E-state index in [0.717, 1.165) is 23.9 Å². The van der Waals surface area contributed by atoms with Crippen LogP contribution >= 0.6 is 27.3 Å². The van der Waals surface area contributed by atoms with Gasteiger partial charge in [-0.3, -0.25) is 0 Å². The van der Waals surface area contributed by atoms with Crippen molar-refractivity contribution in [2.24, 2.45) is 5.92 Å². The second-order valence-electron chi connectivity index (χ2n) is 4.94. The van der Waals surface area contributed by atoms with Crippen molar-refractivity contribution in [3.8, 4) is 5.75 Å². The maximum atomic E-state index is 5.44. The van der Waals surface area contributed by atoms with Crippen molar-refractivity contribution in [1.82, 2.24) is 4.98 Å². The number of hydrogen-bond donors (Lipinski definition) is 0. The topological polar surface area (TPSA) is 22.1 Å². The van der Waals surface area contributed by atoms with Gasteiger partial charge < -0.3 is 4.74 Å². The molecule has 0 fully saturated rings. The molecule has 0 N–H and O–H groups in total. The van der Waals surface area contributed by atoms with E-state index < -0.39 is 0 Å². The third-order valence-electron chi connectivity index (χ3n) is 3.54. The lowest BCUT2D eigenvalue weighted by Crippen LogP contribution is -2.08. The molecule has 1 aromatic heterocycles. The van der Waals surface area contributed by atoms with E-state index in [9.17, 15) is 0 Å². The van der Waals surface area contributed by atoms with Crippen LogP contribution in [0.5, 0.6) is 5.75 Å². The number of benzene rings is 1. The summed E-state index contributed by atoms with van der Waals surface area (Å²) in [6.45, 7) is 2.09. The van der Waals surface area contributed by atoms with Crippen molar-refractivity contribution in [2.75, 3.05) is 12.4 Å². The summed E-state index contributed by atoms with van der Waals surface area (Å²) in [6, 6.07) is 8.29. The van der Waals surface area contributed by atoms with Crippen LogP contribution in [0, 0.1) is 12.8 Å². The number of methoxy groups -OCH3 is 1. The van der Waals surface area contributed by atoms with Gasteiger partial charge in [0.25, 0.3) is 0 Å². The number of thiazole rings is 1. The molecule has 108 valence electrons. The van der Waals surface area contributed by atoms with E-state index in [1.807, 2.05) is 17.6 Å². The zero-order valence-corrected chi connectivity index (χ0v) is 14.3. The van der Waals surface area contributed by atoms with Gasteiger partial charge in [0.05, 0.1) is 18.3 Å². The van der Waals surface area contributed by atoms with Crippen LogP contribution < -0.4 is 4.74 Å². The van der Waals surface area contributed by atoms with Gasteiger partial charge in [-0.25, -0.2) is 4.98 Å². The second-order valence-corrected chi connectivity index (χ2v) is 6.52. The van der Waals surface area contributed by atoms with Gasteiger partial charge in [-0.05, 0) is 43.7 Å². The first kappa shape index (κ1) is 15.5. The molecule has 1 atom stereocenters. The molecule has 2 rings (SSSR count). The molecule has 0 radical (unpaired) electrons. The van der Waals surface area contributed by atoms with Gasteiger partial charge in [-0.1, -0.05) is 34.1 Å². The molecule has 20 heavy (non-hydrogen) atoms. The van der Waals surface area contributed by atoms with Gasteiger partial charge in [0.15, 0.2) is 0 Å². The molecule has 0 aliphatic rings. The highest BCUT2D eigenvalue weighted by molar-refractivity contribution is 9.09. The average Bonchev–Trinajstić information content (AvgIpc) is 2.89. The lowest BCUT2D eigenvalue weighted by molar-refractivity contribution is 0.404. The Morgan fingerprint density at radius 1 is 1.35 bits per heavy atom. The number of alkyl halides is 1. The molecule has 1 aromatic carbocycles. The molecule has 0 amide bonds. The monoisotopic (exact) mass is 353 g/mol. The molecular weight excluding hydrogens is 334 g/mol. The molecule has 0 spiro atoms. The van der Waals surface area contributed by atoms with Crippen LogP contribution in [0.2, 0.25) is 0 Å². The number of halogens is 1. The summed E-state index contributed by atoms with van der Waals surface area (Å²) in [6.07, 6.45) is 3.33. The summed E-state index contributed by atoms with van der Waals surface area (Å²) < 4.78 is 5.44. The molecule has 1 unspecified atom stereocenters. The summed E-state index contributed by atoms with van der Waals surface area (Å²) in [7, 11) is 1.74. The summed E-state index contributed by atoms with van der Waals surface area (Å²) in [4.78, 5) is 5.73. The third kappa shape index (κ3) is 4.06. The van der Waals surface area contributed by atoms with Gasteiger partial charge in [0, 0.05) is 10.2 Å². The van der Waals surface area contributed by atoms with E-state index in [4.69, 9.17) is 4.74 Å². The first-order chi connectivity index (χ1) is 9.74. The quantitative estimate of drug-likeness (QED) is 0.676. The van der Waals surface area contributed by atoms with Crippen LogP contribution in [0.25, 0.3) is 0 Å². The highest BCUT2D eigenvalue weighted by Crippen LogP contribution is 2.25. The Bertz CT molecular complexity index is 541. The molecule has 4 heteroatoms. The molecule has 2 nitrogen and oxygen atoms in total. The van der Waals surface area contributed by atoms with Crippen LogP contribution in [0.15, 0.2) is 29.8 Å². The molecule has 0 saturated carbocycles. The predicted molar refractivity (Wildman–Crippen MR) is 89.2 cm³/mol. The number of nitrogens with zero attached hydrogens (tertiary/aromatic N) is 1. The van der Waals surface area contributed by atoms with Crippen molar-refractivity contribution in [2.45, 2.75) is 26.2 Å². The number of aromatic nitrogens is 1. The largest absolute Gasteiger partial charge is 0.496 e. The Labute approximate surface area is 133 Å². The minimum absolute atomic E-state index is 0.618. The minimum Gasteiger partial charge on any atom is -0.496 e. The fourth-order valence-corrected chi connectivity index (χ4v) is 3.67. The van der Waals surface area contributed by atoms with Gasteiger partial charge in [-0.15, -0.1) is 11.3 Å². The van der Waals surface area contributed by atoms with Crippen molar-refractivity contribution in [1.29, 1.82) is 0 Å². The Morgan fingerprint density at radius 2 is 2.15 bits per heavy atom. The highest BCUT2D eigenvalue weighted by Gasteiger charge is 2.13. The number of hydrogen-bond acceptors (Lipinski definition) is 3. The number of ether oxygens (including phenoxy) is 1. The van der Waals surface area contributed by atoms with Crippen molar-refractivity contribution >= 4 is 27.3 Å². The van der Waals surface area contributed by atoms with E-state index in [1.165, 1.54) is 22.6 Å². The summed E-state index contributed by atoms with van der Waals surface area (Å²) in [5.74, 6) is 1.61. The highest BCUT2D eigenvalue weighted by atomic mass is 79.9. The lowest BCUT2D eigenvalue weighted by Gasteiger charge is -2.16. The van der Waals surface area contributed by atoms with E-state index in [2.05, 4.69) is 40.0 Å². The number of rotatable bonds is 7. The molecular formula is C16H20BrNOS. The molecule has 0 aliphatic carbocycles. The smallest absolute Gasteiger partial charge is 0.122 e. The van der Waals surface area contributed by atoms with Gasteiger partial charge in [0.1, 0.15) is 5.75 Å². The molecule has 0 saturated heterocycles. The van der Waals surface area contributed by atoms with Crippen LogP contribution in [0.1, 0.15) is 22.6 Å². The molecule has 2 aromatic rings. The van der Waals surface area contributed by atoms with Crippen molar-refractivity contribution in [3.05, 3.63) is 45.9 Å². The maximum Gasteiger partial charge on any atom is 0.122 e. The SMILES string of the molecule is COc1ccccc1CC(CBr)CCc1scnc1C. The number of para-hydroxylation sites is 1. The fourth-order valence-electron chi connectivity index (χ4n) is 2.32. The summed E-state index contributed by atoms with van der Waals surface area (Å²) in [5, 5.41) is 1.02. The zero-order valence-electron chi connectivity index (χ0n) is 11.9. The molecule has 0 bridgehead atoms. The third-order valence-corrected chi connectivity index (χ3v) is 5.45. The minimum atomic E-state index is 0.618. The van der Waals surface area contributed by atoms with Gasteiger partial charge in [0.2, 0.25) is 0 Å². The Morgan fingerprint density at radius 3 is 2.80 bits per heavy atom. The molecule has 0 aliphatic heterocycles. The van der Waals surface area contributed by atoms with E-state index >= 15 is 0 Å². The average molecular weight is 354 g/mol.